The Morgan fingerprint density at radius 3 is 2.67 bits per heavy atom. The first-order valence-corrected chi connectivity index (χ1v) is 11.8. The molecule has 1 amide bonds. The first-order valence-electron chi connectivity index (χ1n) is 10.9. The monoisotopic (exact) mass is 461 g/mol. The predicted molar refractivity (Wildman–Crippen MR) is 135 cm³/mol. The molecule has 1 unspecified atom stereocenters. The first-order chi connectivity index (χ1) is 16.1. The summed E-state index contributed by atoms with van der Waals surface area (Å²) >= 11 is 1.49. The van der Waals surface area contributed by atoms with E-state index in [2.05, 4.69) is 41.4 Å². The SMILES string of the molecule is CCCC1S/C(=N\N=C\c2ccc(OC)cc2OC)N(Cc2cccc3ccccc23)C1=O. The van der Waals surface area contributed by atoms with Crippen molar-refractivity contribution in [2.24, 2.45) is 10.2 Å². The second kappa shape index (κ2) is 10.5. The Morgan fingerprint density at radius 1 is 1.06 bits per heavy atom. The average Bonchev–Trinajstić information content (AvgIpc) is 3.14. The van der Waals surface area contributed by atoms with Crippen molar-refractivity contribution in [2.45, 2.75) is 31.6 Å². The third-order valence-corrected chi connectivity index (χ3v) is 6.79. The molecule has 33 heavy (non-hydrogen) atoms. The number of benzene rings is 3. The molecule has 0 spiro atoms. The number of carbonyl (C=O) groups excluding carboxylic acids is 1. The molecule has 0 N–H and O–H groups in total. The van der Waals surface area contributed by atoms with Crippen LogP contribution < -0.4 is 9.47 Å². The molecule has 1 fully saturated rings. The maximum atomic E-state index is 13.2. The third-order valence-electron chi connectivity index (χ3n) is 5.56. The minimum Gasteiger partial charge on any atom is -0.497 e. The van der Waals surface area contributed by atoms with Crippen LogP contribution in [0.3, 0.4) is 0 Å². The summed E-state index contributed by atoms with van der Waals surface area (Å²) < 4.78 is 10.7. The zero-order valence-corrected chi connectivity index (χ0v) is 19.8. The quantitative estimate of drug-likeness (QED) is 0.329. The van der Waals surface area contributed by atoms with Crippen LogP contribution in [0.4, 0.5) is 0 Å². The summed E-state index contributed by atoms with van der Waals surface area (Å²) in [5.74, 6) is 1.44. The van der Waals surface area contributed by atoms with Crippen LogP contribution in [0.25, 0.3) is 10.8 Å². The number of amides is 1. The fourth-order valence-electron chi connectivity index (χ4n) is 3.84. The number of hydrogen-bond acceptors (Lipinski definition) is 6. The van der Waals surface area contributed by atoms with Crippen molar-refractivity contribution in [3.8, 4) is 11.5 Å². The van der Waals surface area contributed by atoms with Crippen molar-refractivity contribution in [1.82, 2.24) is 4.90 Å². The van der Waals surface area contributed by atoms with Crippen molar-refractivity contribution >= 4 is 39.8 Å². The van der Waals surface area contributed by atoms with E-state index in [1.807, 2.05) is 30.3 Å². The Morgan fingerprint density at radius 2 is 1.88 bits per heavy atom. The summed E-state index contributed by atoms with van der Waals surface area (Å²) in [5, 5.41) is 11.5. The highest BCUT2D eigenvalue weighted by Crippen LogP contribution is 2.33. The van der Waals surface area contributed by atoms with E-state index >= 15 is 0 Å². The second-order valence-corrected chi connectivity index (χ2v) is 8.86. The molecule has 1 heterocycles. The smallest absolute Gasteiger partial charge is 0.242 e. The first kappa shape index (κ1) is 22.9. The Bertz CT molecular complexity index is 1200. The van der Waals surface area contributed by atoms with E-state index in [1.54, 1.807) is 31.4 Å². The minimum absolute atomic E-state index is 0.0887. The van der Waals surface area contributed by atoms with Gasteiger partial charge >= 0.3 is 0 Å². The molecular weight excluding hydrogens is 434 g/mol. The van der Waals surface area contributed by atoms with Crippen LogP contribution in [0.1, 0.15) is 30.9 Å². The van der Waals surface area contributed by atoms with E-state index in [0.29, 0.717) is 23.2 Å². The van der Waals surface area contributed by atoms with E-state index in [4.69, 9.17) is 9.47 Å². The highest BCUT2D eigenvalue weighted by molar-refractivity contribution is 8.15. The van der Waals surface area contributed by atoms with Crippen molar-refractivity contribution in [3.63, 3.8) is 0 Å². The number of hydrogen-bond donors (Lipinski definition) is 0. The maximum absolute atomic E-state index is 13.2. The highest BCUT2D eigenvalue weighted by atomic mass is 32.2. The van der Waals surface area contributed by atoms with E-state index in [9.17, 15) is 4.79 Å². The number of ether oxygens (including phenoxy) is 2. The molecule has 0 saturated carbocycles. The predicted octanol–water partition coefficient (Wildman–Crippen LogP) is 5.49. The van der Waals surface area contributed by atoms with Crippen molar-refractivity contribution in [3.05, 3.63) is 71.8 Å². The number of amidine groups is 1. The second-order valence-electron chi connectivity index (χ2n) is 7.69. The molecule has 1 saturated heterocycles. The zero-order valence-electron chi connectivity index (χ0n) is 19.0. The third kappa shape index (κ3) is 5.03. The molecule has 1 atom stereocenters. The van der Waals surface area contributed by atoms with E-state index < -0.39 is 0 Å². The molecule has 3 aromatic rings. The van der Waals surface area contributed by atoms with Gasteiger partial charge in [-0.2, -0.15) is 5.10 Å². The lowest BCUT2D eigenvalue weighted by Gasteiger charge is -2.17. The molecule has 7 heteroatoms. The molecule has 4 rings (SSSR count). The average molecular weight is 462 g/mol. The summed E-state index contributed by atoms with van der Waals surface area (Å²) in [6, 6.07) is 19.9. The Labute approximate surface area is 198 Å². The largest absolute Gasteiger partial charge is 0.497 e. The highest BCUT2D eigenvalue weighted by Gasteiger charge is 2.37. The Kier molecular flexibility index (Phi) is 7.29. The number of carbonyl (C=O) groups is 1. The number of rotatable bonds is 8. The van der Waals surface area contributed by atoms with Crippen LogP contribution in [0.5, 0.6) is 11.5 Å². The molecule has 0 aliphatic carbocycles. The zero-order chi connectivity index (χ0) is 23.2. The van der Waals surface area contributed by atoms with Crippen LogP contribution >= 0.6 is 11.8 Å². The van der Waals surface area contributed by atoms with Gasteiger partial charge in [0.2, 0.25) is 5.91 Å². The van der Waals surface area contributed by atoms with Crippen LogP contribution in [0.2, 0.25) is 0 Å². The van der Waals surface area contributed by atoms with Gasteiger partial charge in [-0.3, -0.25) is 9.69 Å². The van der Waals surface area contributed by atoms with Gasteiger partial charge in [0.25, 0.3) is 0 Å². The lowest BCUT2D eigenvalue weighted by atomic mass is 10.0. The topological polar surface area (TPSA) is 63.5 Å². The standard InChI is InChI=1S/C26H27N3O3S/c1-4-8-24-25(30)29(17-20-11-7-10-18-9-5-6-12-22(18)20)26(33-24)28-27-16-19-13-14-21(31-2)15-23(19)32-3/h5-7,9-16,24H,4,8,17H2,1-3H3/b27-16+,28-26-. The van der Waals surface area contributed by atoms with Crippen LogP contribution in [-0.2, 0) is 11.3 Å². The molecule has 3 aromatic carbocycles. The fraction of sp³-hybridized carbons (Fsp3) is 0.269. The van der Waals surface area contributed by atoms with Crippen LogP contribution in [-0.4, -0.2) is 41.7 Å². The summed E-state index contributed by atoms with van der Waals surface area (Å²) in [7, 11) is 3.21. The lowest BCUT2D eigenvalue weighted by Crippen LogP contribution is -2.31. The summed E-state index contributed by atoms with van der Waals surface area (Å²) in [4.78, 5) is 14.9. The molecule has 0 radical (unpaired) electrons. The number of fused-ring (bicyclic) bond motifs is 1. The Hall–Kier alpha value is -3.32. The summed E-state index contributed by atoms with van der Waals surface area (Å²) in [6.45, 7) is 2.56. The number of methoxy groups -OCH3 is 2. The molecule has 170 valence electrons. The molecule has 6 nitrogen and oxygen atoms in total. The Balaban J connectivity index is 1.63. The lowest BCUT2D eigenvalue weighted by molar-refractivity contribution is -0.126. The van der Waals surface area contributed by atoms with Crippen molar-refractivity contribution < 1.29 is 14.3 Å². The van der Waals surface area contributed by atoms with E-state index in [0.717, 1.165) is 34.7 Å². The normalized spacial score (nSPS) is 17.4. The minimum atomic E-state index is -0.130. The molecule has 0 aromatic heterocycles. The van der Waals surface area contributed by atoms with Gasteiger partial charge < -0.3 is 9.47 Å². The van der Waals surface area contributed by atoms with Gasteiger partial charge in [0.05, 0.1) is 32.2 Å². The maximum Gasteiger partial charge on any atom is 0.242 e. The van der Waals surface area contributed by atoms with Crippen LogP contribution in [0.15, 0.2) is 70.9 Å². The van der Waals surface area contributed by atoms with Crippen molar-refractivity contribution in [1.29, 1.82) is 0 Å². The molecular formula is C26H27N3O3S. The summed E-state index contributed by atoms with van der Waals surface area (Å²) in [6.07, 6.45) is 3.38. The van der Waals surface area contributed by atoms with Gasteiger partial charge in [0.15, 0.2) is 5.17 Å². The number of thioether (sulfide) groups is 1. The summed E-state index contributed by atoms with van der Waals surface area (Å²) in [5.41, 5.74) is 1.87. The van der Waals surface area contributed by atoms with E-state index in [-0.39, 0.29) is 11.2 Å². The molecule has 1 aliphatic rings. The van der Waals surface area contributed by atoms with Gasteiger partial charge in [-0.15, -0.1) is 5.10 Å². The van der Waals surface area contributed by atoms with E-state index in [1.165, 1.54) is 11.8 Å². The van der Waals surface area contributed by atoms with Gasteiger partial charge in [0, 0.05) is 11.6 Å². The van der Waals surface area contributed by atoms with Crippen LogP contribution in [0, 0.1) is 0 Å². The van der Waals surface area contributed by atoms with Crippen molar-refractivity contribution in [2.75, 3.05) is 14.2 Å². The molecule has 1 aliphatic heterocycles. The van der Waals surface area contributed by atoms with Gasteiger partial charge in [-0.05, 0) is 34.9 Å². The fourth-order valence-corrected chi connectivity index (χ4v) is 5.06. The molecule has 0 bridgehead atoms. The van der Waals surface area contributed by atoms with Gasteiger partial charge in [-0.25, -0.2) is 0 Å². The van der Waals surface area contributed by atoms with Gasteiger partial charge in [-0.1, -0.05) is 67.6 Å². The van der Waals surface area contributed by atoms with Gasteiger partial charge in [0.1, 0.15) is 11.5 Å². The number of nitrogens with zero attached hydrogens (tertiary/aromatic N) is 3.